The molecule has 0 amide bonds. The third kappa shape index (κ3) is 5.94. The molecule has 62 valence electrons. The lowest BCUT2D eigenvalue weighted by atomic mass is 10.4. The molecule has 0 heterocycles. The van der Waals surface area contributed by atoms with Gasteiger partial charge in [0.05, 0.1) is 13.2 Å². The number of aliphatic hydroxyl groups is 1. The van der Waals surface area contributed by atoms with Gasteiger partial charge in [-0.1, -0.05) is 0 Å². The molecule has 0 saturated carbocycles. The summed E-state index contributed by atoms with van der Waals surface area (Å²) in [6.45, 7) is 1.71. The number of halogens is 1. The highest BCUT2D eigenvalue weighted by Crippen LogP contribution is 1.87. The van der Waals surface area contributed by atoms with Crippen LogP contribution in [0.1, 0.15) is 6.92 Å². The highest BCUT2D eigenvalue weighted by Gasteiger charge is 2.02. The molecule has 0 aromatic rings. The van der Waals surface area contributed by atoms with E-state index in [0.29, 0.717) is 6.61 Å². The lowest BCUT2D eigenvalue weighted by molar-refractivity contribution is -0.0378. The van der Waals surface area contributed by atoms with Crippen LogP contribution in [-0.4, -0.2) is 37.9 Å². The normalized spacial score (nSPS) is 13.5. The van der Waals surface area contributed by atoms with Crippen LogP contribution in [-0.2, 0) is 9.47 Å². The van der Waals surface area contributed by atoms with Gasteiger partial charge in [0.2, 0.25) is 0 Å². The maximum absolute atomic E-state index is 11.3. The van der Waals surface area contributed by atoms with Crippen LogP contribution in [0.2, 0.25) is 0 Å². The predicted molar refractivity (Wildman–Crippen MR) is 34.4 cm³/mol. The first kappa shape index (κ1) is 9.81. The highest BCUT2D eigenvalue weighted by molar-refractivity contribution is 4.49. The fourth-order valence-corrected chi connectivity index (χ4v) is 0.483. The summed E-state index contributed by atoms with van der Waals surface area (Å²) in [5, 5.41) is 8.89. The second-order valence-electron chi connectivity index (χ2n) is 1.79. The number of ether oxygens (including phenoxy) is 2. The second kappa shape index (κ2) is 6.92. The van der Waals surface area contributed by atoms with Gasteiger partial charge in [0.1, 0.15) is 6.10 Å². The predicted octanol–water partition coefficient (Wildman–Crippen LogP) is 0.327. The molecule has 1 unspecified atom stereocenters. The molecule has 0 fully saturated rings. The minimum Gasteiger partial charge on any atom is -0.388 e. The van der Waals surface area contributed by atoms with Gasteiger partial charge in [-0.3, -0.25) is 0 Å². The van der Waals surface area contributed by atoms with Crippen molar-refractivity contribution in [2.24, 2.45) is 0 Å². The molecule has 4 heteroatoms. The van der Waals surface area contributed by atoms with E-state index in [1.54, 1.807) is 0 Å². The van der Waals surface area contributed by atoms with Crippen molar-refractivity contribution in [2.45, 2.75) is 13.0 Å². The monoisotopic (exact) mass is 152 g/mol. The van der Waals surface area contributed by atoms with Crippen molar-refractivity contribution in [1.82, 2.24) is 0 Å². The average molecular weight is 152 g/mol. The van der Waals surface area contributed by atoms with Crippen molar-refractivity contribution in [3.05, 3.63) is 0 Å². The first-order chi connectivity index (χ1) is 4.81. The van der Waals surface area contributed by atoms with Gasteiger partial charge in [-0.05, 0) is 6.92 Å². The minimum absolute atomic E-state index is 0.00347. The molecular formula is C6H13FO3. The number of hydrogen-bond donors (Lipinski definition) is 1. The van der Waals surface area contributed by atoms with E-state index in [2.05, 4.69) is 4.74 Å². The van der Waals surface area contributed by atoms with Gasteiger partial charge < -0.3 is 14.6 Å². The molecule has 0 radical (unpaired) electrons. The topological polar surface area (TPSA) is 38.7 Å². The van der Waals surface area contributed by atoms with Crippen molar-refractivity contribution in [3.63, 3.8) is 0 Å². The number of alkyl halides is 1. The van der Waals surface area contributed by atoms with Crippen molar-refractivity contribution in [3.8, 4) is 0 Å². The summed E-state index contributed by atoms with van der Waals surface area (Å²) in [5.41, 5.74) is 0. The van der Waals surface area contributed by atoms with Crippen molar-refractivity contribution in [2.75, 3.05) is 26.7 Å². The SMILES string of the molecule is CCOCC(O)COCF. The van der Waals surface area contributed by atoms with Crippen molar-refractivity contribution >= 4 is 0 Å². The first-order valence-electron chi connectivity index (χ1n) is 3.20. The molecule has 1 N–H and O–H groups in total. The number of rotatable bonds is 6. The summed E-state index contributed by atoms with van der Waals surface area (Å²) in [6, 6.07) is 0. The summed E-state index contributed by atoms with van der Waals surface area (Å²) in [4.78, 5) is 0. The highest BCUT2D eigenvalue weighted by atomic mass is 19.1. The van der Waals surface area contributed by atoms with Crippen LogP contribution in [0.4, 0.5) is 4.39 Å². The fraction of sp³-hybridized carbons (Fsp3) is 1.00. The van der Waals surface area contributed by atoms with E-state index in [9.17, 15) is 4.39 Å². The maximum Gasteiger partial charge on any atom is 0.188 e. The van der Waals surface area contributed by atoms with Crippen LogP contribution in [0.5, 0.6) is 0 Å². The zero-order chi connectivity index (χ0) is 7.82. The molecule has 0 aliphatic rings. The largest absolute Gasteiger partial charge is 0.388 e. The van der Waals surface area contributed by atoms with Crippen LogP contribution >= 0.6 is 0 Å². The third-order valence-corrected chi connectivity index (χ3v) is 0.902. The van der Waals surface area contributed by atoms with Gasteiger partial charge in [-0.25, -0.2) is 4.39 Å². The molecule has 0 aromatic carbocycles. The summed E-state index contributed by atoms with van der Waals surface area (Å²) in [7, 11) is 0. The first-order valence-corrected chi connectivity index (χ1v) is 3.20. The zero-order valence-electron chi connectivity index (χ0n) is 6.05. The van der Waals surface area contributed by atoms with Gasteiger partial charge in [0.15, 0.2) is 6.86 Å². The van der Waals surface area contributed by atoms with Crippen LogP contribution in [0.15, 0.2) is 0 Å². The Hall–Kier alpha value is -0.190. The summed E-state index contributed by atoms with van der Waals surface area (Å²) < 4.78 is 20.4. The van der Waals surface area contributed by atoms with Gasteiger partial charge in [0.25, 0.3) is 0 Å². The maximum atomic E-state index is 11.3. The van der Waals surface area contributed by atoms with Gasteiger partial charge >= 0.3 is 0 Å². The quantitative estimate of drug-likeness (QED) is 0.596. The Morgan fingerprint density at radius 1 is 1.40 bits per heavy atom. The number of aliphatic hydroxyl groups excluding tert-OH is 1. The molecule has 3 nitrogen and oxygen atoms in total. The third-order valence-electron chi connectivity index (χ3n) is 0.902. The summed E-state index contributed by atoms with van der Waals surface area (Å²) in [6.07, 6.45) is -0.712. The van der Waals surface area contributed by atoms with E-state index < -0.39 is 13.0 Å². The van der Waals surface area contributed by atoms with E-state index >= 15 is 0 Å². The van der Waals surface area contributed by atoms with Crippen molar-refractivity contribution < 1.29 is 19.0 Å². The van der Waals surface area contributed by atoms with Gasteiger partial charge in [-0.2, -0.15) is 0 Å². The van der Waals surface area contributed by atoms with Crippen molar-refractivity contribution in [1.29, 1.82) is 0 Å². The zero-order valence-corrected chi connectivity index (χ0v) is 6.05. The second-order valence-corrected chi connectivity index (χ2v) is 1.79. The van der Waals surface area contributed by atoms with Crippen LogP contribution in [0.3, 0.4) is 0 Å². The molecule has 0 saturated heterocycles. The van der Waals surface area contributed by atoms with E-state index in [0.717, 1.165) is 0 Å². The Kier molecular flexibility index (Phi) is 6.79. The Balaban J connectivity index is 3.00. The molecule has 0 bridgehead atoms. The molecule has 0 rings (SSSR count). The Morgan fingerprint density at radius 2 is 2.00 bits per heavy atom. The van der Waals surface area contributed by atoms with E-state index in [1.807, 2.05) is 6.92 Å². The standard InChI is InChI=1S/C6H13FO3/c1-2-9-3-6(8)4-10-5-7/h6,8H,2-5H2,1H3. The lowest BCUT2D eigenvalue weighted by Crippen LogP contribution is -2.21. The molecule has 10 heavy (non-hydrogen) atoms. The lowest BCUT2D eigenvalue weighted by Gasteiger charge is -2.08. The van der Waals surface area contributed by atoms with E-state index in [-0.39, 0.29) is 13.2 Å². The molecule has 1 atom stereocenters. The molecule has 0 spiro atoms. The summed E-state index contributed by atoms with van der Waals surface area (Å²) in [5.74, 6) is 0. The molecular weight excluding hydrogens is 139 g/mol. The van der Waals surface area contributed by atoms with Crippen LogP contribution in [0.25, 0.3) is 0 Å². The molecule has 0 aliphatic carbocycles. The Morgan fingerprint density at radius 3 is 2.50 bits per heavy atom. The number of hydrogen-bond acceptors (Lipinski definition) is 3. The van der Waals surface area contributed by atoms with Gasteiger partial charge in [-0.15, -0.1) is 0 Å². The molecule has 0 aliphatic heterocycles. The minimum atomic E-state index is -0.858. The van der Waals surface area contributed by atoms with Gasteiger partial charge in [0, 0.05) is 6.61 Å². The fourth-order valence-electron chi connectivity index (χ4n) is 0.483. The van der Waals surface area contributed by atoms with Crippen LogP contribution < -0.4 is 0 Å². The van der Waals surface area contributed by atoms with E-state index in [1.165, 1.54) is 0 Å². The average Bonchev–Trinajstić information content (AvgIpc) is 1.97. The van der Waals surface area contributed by atoms with E-state index in [4.69, 9.17) is 9.84 Å². The Labute approximate surface area is 59.8 Å². The summed E-state index contributed by atoms with van der Waals surface area (Å²) >= 11 is 0. The smallest absolute Gasteiger partial charge is 0.188 e. The van der Waals surface area contributed by atoms with Crippen LogP contribution in [0, 0.1) is 0 Å². The Bertz CT molecular complexity index is 62.0. The molecule has 0 aromatic heterocycles.